The second kappa shape index (κ2) is 4.39. The van der Waals surface area contributed by atoms with Crippen LogP contribution in [0.5, 0.6) is 0 Å². The molecule has 2 N–H and O–H groups in total. The smallest absolute Gasteiger partial charge is 0.339 e. The van der Waals surface area contributed by atoms with Crippen molar-refractivity contribution in [3.63, 3.8) is 0 Å². The first-order chi connectivity index (χ1) is 8.66. The maximum atomic E-state index is 11.8. The highest BCUT2D eigenvalue weighted by Crippen LogP contribution is 2.39. The minimum atomic E-state index is -0.916. The largest absolute Gasteiger partial charge is 0.478 e. The van der Waals surface area contributed by atoms with Crippen molar-refractivity contribution in [2.45, 2.75) is 38.5 Å². The molecular weight excluding hydrogens is 250 g/mol. The molecule has 0 aromatic carbocycles. The molecule has 0 spiro atoms. The van der Waals surface area contributed by atoms with E-state index in [1.54, 1.807) is 0 Å². The summed E-state index contributed by atoms with van der Waals surface area (Å²) in [4.78, 5) is 24.3. The molecule has 0 unspecified atom stereocenters. The predicted octanol–water partition coefficient (Wildman–Crippen LogP) is 2.67. The highest BCUT2D eigenvalue weighted by atomic mass is 32.1. The predicted molar refractivity (Wildman–Crippen MR) is 69.3 cm³/mol. The number of hydrogen-bond donors (Lipinski definition) is 2. The van der Waals surface area contributed by atoms with E-state index in [0.29, 0.717) is 10.6 Å². The molecular formula is C13H15NO3S. The lowest BCUT2D eigenvalue weighted by atomic mass is 9.95. The van der Waals surface area contributed by atoms with Crippen LogP contribution in [0.25, 0.3) is 0 Å². The molecule has 3 rings (SSSR count). The normalized spacial score (nSPS) is 18.2. The van der Waals surface area contributed by atoms with Gasteiger partial charge < -0.3 is 10.4 Å². The van der Waals surface area contributed by atoms with E-state index in [1.165, 1.54) is 11.3 Å². The molecule has 4 nitrogen and oxygen atoms in total. The molecule has 0 atom stereocenters. The summed E-state index contributed by atoms with van der Waals surface area (Å²) in [7, 11) is 0. The van der Waals surface area contributed by atoms with Crippen LogP contribution in [0.3, 0.4) is 0 Å². The summed E-state index contributed by atoms with van der Waals surface area (Å²) in [6, 6.07) is 0. The summed E-state index contributed by atoms with van der Waals surface area (Å²) in [6.07, 6.45) is 5.79. The van der Waals surface area contributed by atoms with Gasteiger partial charge in [-0.25, -0.2) is 4.79 Å². The molecule has 0 radical (unpaired) electrons. The molecule has 1 aromatic rings. The van der Waals surface area contributed by atoms with E-state index in [-0.39, 0.29) is 11.8 Å². The van der Waals surface area contributed by atoms with Crippen molar-refractivity contribution in [3.05, 3.63) is 16.0 Å². The Balaban J connectivity index is 1.94. The van der Waals surface area contributed by atoms with Crippen LogP contribution >= 0.6 is 11.3 Å². The third-order valence-corrected chi connectivity index (χ3v) is 4.78. The number of carbonyl (C=O) groups is 2. The zero-order chi connectivity index (χ0) is 12.7. The third kappa shape index (κ3) is 2.03. The Morgan fingerprint density at radius 1 is 1.22 bits per heavy atom. The van der Waals surface area contributed by atoms with Crippen molar-refractivity contribution < 1.29 is 14.7 Å². The molecule has 0 saturated heterocycles. The lowest BCUT2D eigenvalue weighted by Gasteiger charge is -2.10. The summed E-state index contributed by atoms with van der Waals surface area (Å²) < 4.78 is 0. The molecule has 0 aliphatic heterocycles. The molecule has 5 heteroatoms. The van der Waals surface area contributed by atoms with Crippen molar-refractivity contribution in [3.8, 4) is 0 Å². The molecule has 1 fully saturated rings. The zero-order valence-electron chi connectivity index (χ0n) is 9.99. The summed E-state index contributed by atoms with van der Waals surface area (Å²) in [5.74, 6) is -0.831. The van der Waals surface area contributed by atoms with Gasteiger partial charge in [0, 0.05) is 10.8 Å². The van der Waals surface area contributed by atoms with Gasteiger partial charge >= 0.3 is 5.97 Å². The molecule has 1 heterocycles. The van der Waals surface area contributed by atoms with Crippen LogP contribution in [0.15, 0.2) is 0 Å². The number of anilines is 1. The van der Waals surface area contributed by atoms with Crippen LogP contribution in [-0.4, -0.2) is 17.0 Å². The summed E-state index contributed by atoms with van der Waals surface area (Å²) in [6.45, 7) is 0. The lowest BCUT2D eigenvalue weighted by molar-refractivity contribution is -0.117. The van der Waals surface area contributed by atoms with Crippen molar-refractivity contribution in [1.29, 1.82) is 0 Å². The quantitative estimate of drug-likeness (QED) is 0.883. The second-order valence-electron chi connectivity index (χ2n) is 4.98. The zero-order valence-corrected chi connectivity index (χ0v) is 10.8. The number of carboxylic acids is 1. The number of rotatable bonds is 3. The van der Waals surface area contributed by atoms with Gasteiger partial charge in [0.25, 0.3) is 0 Å². The Bertz CT molecular complexity index is 517. The topological polar surface area (TPSA) is 66.4 Å². The van der Waals surface area contributed by atoms with Crippen molar-refractivity contribution in [2.24, 2.45) is 5.92 Å². The molecule has 1 saturated carbocycles. The number of aromatic carboxylic acids is 1. The van der Waals surface area contributed by atoms with Gasteiger partial charge in [-0.05, 0) is 44.1 Å². The van der Waals surface area contributed by atoms with Gasteiger partial charge in [0.15, 0.2) is 0 Å². The number of carbonyl (C=O) groups excluding carboxylic acids is 1. The van der Waals surface area contributed by atoms with E-state index in [1.807, 2.05) is 0 Å². The third-order valence-electron chi connectivity index (χ3n) is 3.57. The van der Waals surface area contributed by atoms with Crippen LogP contribution < -0.4 is 5.32 Å². The lowest BCUT2D eigenvalue weighted by Crippen LogP contribution is -2.15. The second-order valence-corrected chi connectivity index (χ2v) is 6.09. The number of amides is 1. The number of fused-ring (bicyclic) bond motifs is 1. The van der Waals surface area contributed by atoms with Crippen LogP contribution in [0, 0.1) is 5.92 Å². The fourth-order valence-corrected chi connectivity index (χ4v) is 3.72. The summed E-state index contributed by atoms with van der Waals surface area (Å²) >= 11 is 1.45. The number of aryl methyl sites for hydroxylation is 1. The van der Waals surface area contributed by atoms with E-state index < -0.39 is 5.97 Å². The highest BCUT2D eigenvalue weighted by molar-refractivity contribution is 7.17. The maximum Gasteiger partial charge on any atom is 0.339 e. The SMILES string of the molecule is O=C(O)c1c(NC(=O)C2CC2)sc2c1CCCC2. The first-order valence-electron chi connectivity index (χ1n) is 6.35. The van der Waals surface area contributed by atoms with Gasteiger partial charge in [0.1, 0.15) is 5.00 Å². The highest BCUT2D eigenvalue weighted by Gasteiger charge is 2.32. The Morgan fingerprint density at radius 3 is 2.61 bits per heavy atom. The minimum absolute atomic E-state index is 0.0175. The number of carboxylic acid groups (broad SMARTS) is 1. The van der Waals surface area contributed by atoms with E-state index in [0.717, 1.165) is 49.0 Å². The van der Waals surface area contributed by atoms with Gasteiger partial charge in [-0.3, -0.25) is 4.79 Å². The Kier molecular flexibility index (Phi) is 2.86. The van der Waals surface area contributed by atoms with Gasteiger partial charge in [-0.1, -0.05) is 0 Å². The van der Waals surface area contributed by atoms with E-state index in [2.05, 4.69) is 5.32 Å². The van der Waals surface area contributed by atoms with Gasteiger partial charge in [0.2, 0.25) is 5.91 Å². The molecule has 2 aliphatic carbocycles. The molecule has 2 aliphatic rings. The van der Waals surface area contributed by atoms with E-state index >= 15 is 0 Å². The van der Waals surface area contributed by atoms with E-state index in [4.69, 9.17) is 0 Å². The van der Waals surface area contributed by atoms with Crippen molar-refractivity contribution in [2.75, 3.05) is 5.32 Å². The molecule has 96 valence electrons. The summed E-state index contributed by atoms with van der Waals surface area (Å²) in [5, 5.41) is 12.7. The van der Waals surface area contributed by atoms with Crippen LogP contribution in [0.4, 0.5) is 5.00 Å². The number of nitrogens with one attached hydrogen (secondary N) is 1. The molecule has 0 bridgehead atoms. The van der Waals surface area contributed by atoms with E-state index in [9.17, 15) is 14.7 Å². The van der Waals surface area contributed by atoms with Crippen LogP contribution in [0.1, 0.15) is 46.5 Å². The Hall–Kier alpha value is -1.36. The van der Waals surface area contributed by atoms with Crippen LogP contribution in [0.2, 0.25) is 0 Å². The first kappa shape index (κ1) is 11.7. The first-order valence-corrected chi connectivity index (χ1v) is 7.17. The minimum Gasteiger partial charge on any atom is -0.478 e. The Labute approximate surface area is 109 Å². The van der Waals surface area contributed by atoms with Gasteiger partial charge in [-0.15, -0.1) is 11.3 Å². The molecule has 1 amide bonds. The Morgan fingerprint density at radius 2 is 1.94 bits per heavy atom. The molecule has 1 aromatic heterocycles. The number of hydrogen-bond acceptors (Lipinski definition) is 3. The van der Waals surface area contributed by atoms with Crippen molar-refractivity contribution in [1.82, 2.24) is 0 Å². The van der Waals surface area contributed by atoms with Gasteiger partial charge in [-0.2, -0.15) is 0 Å². The summed E-state index contributed by atoms with van der Waals surface area (Å²) in [5.41, 5.74) is 1.29. The average molecular weight is 265 g/mol. The van der Waals surface area contributed by atoms with Crippen molar-refractivity contribution >= 4 is 28.2 Å². The average Bonchev–Trinajstić information content (AvgIpc) is 3.10. The number of thiophene rings is 1. The van der Waals surface area contributed by atoms with Crippen LogP contribution in [-0.2, 0) is 17.6 Å². The fourth-order valence-electron chi connectivity index (χ4n) is 2.44. The standard InChI is InChI=1S/C13H15NO3S/c15-11(7-5-6-7)14-12-10(13(16)17)8-3-1-2-4-9(8)18-12/h7H,1-6H2,(H,14,15)(H,16,17). The maximum absolute atomic E-state index is 11.8. The molecule has 18 heavy (non-hydrogen) atoms. The fraction of sp³-hybridized carbons (Fsp3) is 0.538. The van der Waals surface area contributed by atoms with Gasteiger partial charge in [0.05, 0.1) is 5.56 Å². The monoisotopic (exact) mass is 265 g/mol.